The number of hydrogen-bond acceptors (Lipinski definition) is 8. The first-order valence-electron chi connectivity index (χ1n) is 15.8. The Morgan fingerprint density at radius 1 is 0.936 bits per heavy atom. The number of hydrogen-bond donors (Lipinski definition) is 1. The van der Waals surface area contributed by atoms with Gasteiger partial charge in [0.05, 0.1) is 6.61 Å². The number of nitrogens with zero attached hydrogens (tertiary/aromatic N) is 2. The molecule has 260 valence electrons. The summed E-state index contributed by atoms with van der Waals surface area (Å²) in [6.07, 6.45) is -1.16. The number of amides is 2. The Morgan fingerprint density at radius 3 is 2.04 bits per heavy atom. The fourth-order valence-electron chi connectivity index (χ4n) is 5.55. The lowest BCUT2D eigenvalue weighted by molar-refractivity contribution is -0.141. The number of rotatable bonds is 11. The van der Waals surface area contributed by atoms with Gasteiger partial charge in [0.25, 0.3) is 0 Å². The number of aliphatic carboxylic acids is 1. The van der Waals surface area contributed by atoms with Crippen LogP contribution in [0.5, 0.6) is 0 Å². The maximum Gasteiger partial charge on any atom is 0.419 e. The predicted octanol–water partition coefficient (Wildman–Crippen LogP) is 8.96. The number of halogens is 2. The molecule has 0 radical (unpaired) electrons. The fraction of sp³-hybridized carbons (Fsp3) is 0.559. The van der Waals surface area contributed by atoms with E-state index in [0.29, 0.717) is 23.1 Å². The molecular weight excluding hydrogens is 666 g/mol. The van der Waals surface area contributed by atoms with Crippen molar-refractivity contribution in [3.63, 3.8) is 0 Å². The van der Waals surface area contributed by atoms with E-state index in [1.165, 1.54) is 0 Å². The summed E-state index contributed by atoms with van der Waals surface area (Å²) in [7, 11) is -3.67. The second kappa shape index (κ2) is 15.7. The van der Waals surface area contributed by atoms with Gasteiger partial charge in [0.1, 0.15) is 11.2 Å². The summed E-state index contributed by atoms with van der Waals surface area (Å²) in [5, 5.41) is 10.2. The quantitative estimate of drug-likeness (QED) is 0.180. The molecule has 0 saturated carbocycles. The average Bonchev–Trinajstić information content (AvgIpc) is 2.94. The van der Waals surface area contributed by atoms with Crippen LogP contribution < -0.4 is 0 Å². The maximum atomic E-state index is 14.3. The molecule has 10 nitrogen and oxygen atoms in total. The molecule has 1 heterocycles. The highest BCUT2D eigenvalue weighted by molar-refractivity contribution is 7.62. The summed E-state index contributed by atoms with van der Waals surface area (Å²) in [4.78, 5) is 41.9. The monoisotopic (exact) mass is 712 g/mol. The van der Waals surface area contributed by atoms with Gasteiger partial charge in [-0.25, -0.2) is 14.5 Å². The number of ether oxygens (including phenoxy) is 2. The largest absolute Gasteiger partial charge is 0.480 e. The molecule has 0 spiro atoms. The lowest BCUT2D eigenvalue weighted by atomic mass is 9.97. The third-order valence-corrected chi connectivity index (χ3v) is 11.5. The van der Waals surface area contributed by atoms with Crippen molar-refractivity contribution in [3.8, 4) is 11.1 Å². The van der Waals surface area contributed by atoms with Gasteiger partial charge in [0.15, 0.2) is 5.16 Å². The molecule has 2 atom stereocenters. The van der Waals surface area contributed by atoms with E-state index in [0.717, 1.165) is 21.6 Å². The van der Waals surface area contributed by atoms with Crippen LogP contribution in [0.4, 0.5) is 9.59 Å². The molecule has 1 aliphatic rings. The molecule has 1 aliphatic heterocycles. The van der Waals surface area contributed by atoms with Gasteiger partial charge in [0, 0.05) is 42.4 Å². The highest BCUT2D eigenvalue weighted by Crippen LogP contribution is 2.63. The molecule has 2 unspecified atom stereocenters. The van der Waals surface area contributed by atoms with Crippen LogP contribution in [0, 0.1) is 0 Å². The Bertz CT molecular complexity index is 1440. The van der Waals surface area contributed by atoms with Crippen LogP contribution in [0.3, 0.4) is 0 Å². The number of carbonyl (C=O) groups is 3. The molecule has 1 fully saturated rings. The topological polar surface area (TPSA) is 123 Å². The summed E-state index contributed by atoms with van der Waals surface area (Å²) in [5.74, 6) is -1.20. The molecule has 13 heteroatoms. The van der Waals surface area contributed by atoms with Crippen LogP contribution in [0.1, 0.15) is 73.3 Å². The fourth-order valence-corrected chi connectivity index (χ4v) is 8.82. The van der Waals surface area contributed by atoms with E-state index in [2.05, 4.69) is 0 Å². The summed E-state index contributed by atoms with van der Waals surface area (Å²) < 4.78 is 31.0. The Labute approximate surface area is 288 Å². The van der Waals surface area contributed by atoms with Gasteiger partial charge < -0.3 is 19.1 Å². The van der Waals surface area contributed by atoms with Crippen LogP contribution in [-0.2, 0) is 29.9 Å². The van der Waals surface area contributed by atoms with Crippen molar-refractivity contribution in [2.24, 2.45) is 0 Å². The van der Waals surface area contributed by atoms with Crippen LogP contribution in [0.25, 0.3) is 11.1 Å². The van der Waals surface area contributed by atoms with E-state index in [4.69, 9.17) is 37.2 Å². The second-order valence-corrected chi connectivity index (χ2v) is 17.5. The van der Waals surface area contributed by atoms with Crippen LogP contribution >= 0.6 is 30.6 Å². The normalized spacial score (nSPS) is 20.4. The van der Waals surface area contributed by atoms with Gasteiger partial charge in [-0.3, -0.25) is 14.3 Å². The molecule has 0 aliphatic carbocycles. The third kappa shape index (κ3) is 10.4. The Hall–Kier alpha value is -2.62. The number of carboxylic acid groups (broad SMARTS) is 1. The molecule has 0 bridgehead atoms. The average molecular weight is 714 g/mol. The summed E-state index contributed by atoms with van der Waals surface area (Å²) in [5.41, 5.74) is 1.02. The van der Waals surface area contributed by atoms with Gasteiger partial charge in [-0.1, -0.05) is 41.4 Å². The highest BCUT2D eigenvalue weighted by atomic mass is 35.5. The molecule has 0 aromatic heterocycles. The number of unbranched alkanes of at least 4 members (excludes halogenated alkanes) is 1. The van der Waals surface area contributed by atoms with E-state index >= 15 is 0 Å². The molecule has 3 rings (SSSR count). The number of imide groups is 1. The predicted molar refractivity (Wildman–Crippen MR) is 185 cm³/mol. The number of benzene rings is 2. The van der Waals surface area contributed by atoms with Gasteiger partial charge in [0.2, 0.25) is 7.37 Å². The van der Waals surface area contributed by atoms with Crippen molar-refractivity contribution < 1.29 is 38.1 Å². The van der Waals surface area contributed by atoms with E-state index in [9.17, 15) is 24.1 Å². The molecule has 1 saturated heterocycles. The van der Waals surface area contributed by atoms with E-state index in [1.807, 2.05) is 29.2 Å². The van der Waals surface area contributed by atoms with Crippen molar-refractivity contribution in [2.75, 3.05) is 32.4 Å². The van der Waals surface area contributed by atoms with Gasteiger partial charge >= 0.3 is 18.2 Å². The van der Waals surface area contributed by atoms with Gasteiger partial charge in [-0.2, -0.15) is 0 Å². The van der Waals surface area contributed by atoms with Gasteiger partial charge in [-0.05, 0) is 109 Å². The molecule has 2 amide bonds. The molecule has 2 aromatic carbocycles. The van der Waals surface area contributed by atoms with Crippen LogP contribution in [0.2, 0.25) is 10.0 Å². The second-order valence-electron chi connectivity index (χ2n) is 13.7. The summed E-state index contributed by atoms with van der Waals surface area (Å²) in [6, 6.07) is 12.9. The first-order chi connectivity index (χ1) is 21.8. The Morgan fingerprint density at radius 2 is 1.51 bits per heavy atom. The van der Waals surface area contributed by atoms with E-state index in [-0.39, 0.29) is 45.1 Å². The molecular formula is C34H47Cl2N2O8P. The minimum absolute atomic E-state index is 0.00978. The molecule has 47 heavy (non-hydrogen) atoms. The Balaban J connectivity index is 1.85. The van der Waals surface area contributed by atoms with Crippen molar-refractivity contribution in [1.82, 2.24) is 9.80 Å². The van der Waals surface area contributed by atoms with Crippen molar-refractivity contribution in [1.29, 1.82) is 0 Å². The van der Waals surface area contributed by atoms with E-state index in [1.54, 1.807) is 66.7 Å². The minimum Gasteiger partial charge on any atom is -0.480 e. The first-order valence-corrected chi connectivity index (χ1v) is 18.3. The van der Waals surface area contributed by atoms with Crippen molar-refractivity contribution in [3.05, 3.63) is 58.1 Å². The zero-order valence-electron chi connectivity index (χ0n) is 28.3. The third-order valence-electron chi connectivity index (χ3n) is 7.65. The Kier molecular flexibility index (Phi) is 13.0. The zero-order valence-corrected chi connectivity index (χ0v) is 30.7. The lowest BCUT2D eigenvalue weighted by Crippen LogP contribution is -2.54. The number of carboxylic acids is 1. The summed E-state index contributed by atoms with van der Waals surface area (Å²) >= 11 is 12.5. The standard InChI is InChI=1S/C34H47Cl2N2O8P/c1-8-44-47(43)20-19-37(22-25-13-16-27(36)21-28(25)24-11-14-26(35)15-12-24)23-34(47,29(39)40)17-9-10-18-38(30(41)45-32(2,3)4)31(42)46-33(5,6)7/h11-16,21H,8-10,17-20,22-23H2,1-7H3,(H,39,40). The molecule has 2 aromatic rings. The van der Waals surface area contributed by atoms with Crippen molar-refractivity contribution >= 4 is 48.7 Å². The van der Waals surface area contributed by atoms with Crippen molar-refractivity contribution in [2.45, 2.75) is 90.6 Å². The molecule has 1 N–H and O–H groups in total. The maximum absolute atomic E-state index is 14.3. The van der Waals surface area contributed by atoms with Crippen LogP contribution in [-0.4, -0.2) is 81.8 Å². The smallest absolute Gasteiger partial charge is 0.419 e. The number of carbonyl (C=O) groups excluding carboxylic acids is 2. The minimum atomic E-state index is -3.67. The highest BCUT2D eigenvalue weighted by Gasteiger charge is 2.58. The summed E-state index contributed by atoms with van der Waals surface area (Å²) in [6.45, 7) is 12.6. The van der Waals surface area contributed by atoms with E-state index < -0.39 is 41.9 Å². The van der Waals surface area contributed by atoms with Gasteiger partial charge in [-0.15, -0.1) is 0 Å². The van der Waals surface area contributed by atoms with Crippen LogP contribution in [0.15, 0.2) is 42.5 Å². The zero-order chi connectivity index (χ0) is 35.2. The SMILES string of the molecule is CCOP1(=O)CCN(Cc2ccc(Cl)cc2-c2ccc(Cl)cc2)CC1(CCCCN(C(=O)OC(C)(C)C)C(=O)OC(C)(C)C)C(=O)O. The lowest BCUT2D eigenvalue weighted by Gasteiger charge is -2.45. The first kappa shape index (κ1) is 38.8.